The van der Waals surface area contributed by atoms with Crippen molar-refractivity contribution in [2.45, 2.75) is 13.0 Å². The van der Waals surface area contributed by atoms with Crippen LogP contribution in [0.25, 0.3) is 0 Å². The quantitative estimate of drug-likeness (QED) is 0.798. The summed E-state index contributed by atoms with van der Waals surface area (Å²) in [6.07, 6.45) is 2.00. The van der Waals surface area contributed by atoms with E-state index in [0.29, 0.717) is 6.54 Å². The Morgan fingerprint density at radius 1 is 1.47 bits per heavy atom. The van der Waals surface area contributed by atoms with E-state index in [4.69, 9.17) is 5.11 Å². The summed E-state index contributed by atoms with van der Waals surface area (Å²) in [5.41, 5.74) is -0.175. The third-order valence-corrected chi connectivity index (χ3v) is 3.27. The Labute approximate surface area is 112 Å². The molecule has 2 heterocycles. The van der Waals surface area contributed by atoms with Crippen LogP contribution in [-0.2, 0) is 17.8 Å². The molecule has 0 aliphatic rings. The van der Waals surface area contributed by atoms with Crippen molar-refractivity contribution in [3.63, 3.8) is 0 Å². The predicted molar refractivity (Wildman–Crippen MR) is 68.0 cm³/mol. The largest absolute Gasteiger partial charge is 0.476 e. The zero-order valence-corrected chi connectivity index (χ0v) is 10.8. The third kappa shape index (κ3) is 3.88. The van der Waals surface area contributed by atoms with Crippen molar-refractivity contribution >= 4 is 23.2 Å². The van der Waals surface area contributed by atoms with Crippen LogP contribution in [-0.4, -0.2) is 38.5 Å². The Balaban J connectivity index is 1.75. The number of rotatable bonds is 6. The molecule has 8 heteroatoms. The fourth-order valence-electron chi connectivity index (χ4n) is 1.46. The number of hydrogen-bond acceptors (Lipinski definition) is 5. The summed E-state index contributed by atoms with van der Waals surface area (Å²) in [7, 11) is 0. The SMILES string of the molecule is O=C(Cn1cc(C(=O)O)nn1)NCCc1cccs1. The summed E-state index contributed by atoms with van der Waals surface area (Å²) in [6.45, 7) is 0.505. The van der Waals surface area contributed by atoms with Crippen LogP contribution in [0.5, 0.6) is 0 Å². The average molecular weight is 280 g/mol. The van der Waals surface area contributed by atoms with Crippen LogP contribution in [0.1, 0.15) is 15.4 Å². The van der Waals surface area contributed by atoms with Gasteiger partial charge in [-0.3, -0.25) is 4.79 Å². The van der Waals surface area contributed by atoms with Crippen molar-refractivity contribution < 1.29 is 14.7 Å². The first kappa shape index (κ1) is 13.2. The van der Waals surface area contributed by atoms with Crippen LogP contribution < -0.4 is 5.32 Å². The highest BCUT2D eigenvalue weighted by molar-refractivity contribution is 7.09. The molecule has 19 heavy (non-hydrogen) atoms. The number of aromatic carboxylic acids is 1. The maximum atomic E-state index is 11.6. The van der Waals surface area contributed by atoms with E-state index in [1.807, 2.05) is 17.5 Å². The highest BCUT2D eigenvalue weighted by Gasteiger charge is 2.10. The maximum absolute atomic E-state index is 11.6. The van der Waals surface area contributed by atoms with Gasteiger partial charge in [-0.2, -0.15) is 0 Å². The van der Waals surface area contributed by atoms with E-state index >= 15 is 0 Å². The van der Waals surface area contributed by atoms with Crippen molar-refractivity contribution in [1.29, 1.82) is 0 Å². The lowest BCUT2D eigenvalue weighted by Crippen LogP contribution is -2.29. The molecule has 0 radical (unpaired) electrons. The molecule has 2 N–H and O–H groups in total. The van der Waals surface area contributed by atoms with Crippen LogP contribution in [0, 0.1) is 0 Å². The van der Waals surface area contributed by atoms with Crippen molar-refractivity contribution in [2.75, 3.05) is 6.54 Å². The number of carbonyl (C=O) groups is 2. The number of carboxylic acids is 1. The van der Waals surface area contributed by atoms with Crippen LogP contribution in [0.2, 0.25) is 0 Å². The fourth-order valence-corrected chi connectivity index (χ4v) is 2.17. The molecule has 100 valence electrons. The van der Waals surface area contributed by atoms with E-state index in [1.165, 1.54) is 15.8 Å². The summed E-state index contributed by atoms with van der Waals surface area (Å²) in [5.74, 6) is -1.39. The van der Waals surface area contributed by atoms with Gasteiger partial charge >= 0.3 is 5.97 Å². The number of amides is 1. The molecular weight excluding hydrogens is 268 g/mol. The van der Waals surface area contributed by atoms with Gasteiger partial charge in [0.2, 0.25) is 5.91 Å². The number of carbonyl (C=O) groups excluding carboxylic acids is 1. The minimum Gasteiger partial charge on any atom is -0.476 e. The molecule has 0 spiro atoms. The van der Waals surface area contributed by atoms with Gasteiger partial charge in [0, 0.05) is 11.4 Å². The molecule has 1 amide bonds. The second-order valence-corrected chi connectivity index (χ2v) is 4.82. The monoisotopic (exact) mass is 280 g/mol. The molecular formula is C11H12N4O3S. The lowest BCUT2D eigenvalue weighted by atomic mass is 10.3. The molecule has 0 bridgehead atoms. The Hall–Kier alpha value is -2.22. The first-order valence-corrected chi connectivity index (χ1v) is 6.45. The van der Waals surface area contributed by atoms with Gasteiger partial charge in [-0.1, -0.05) is 11.3 Å². The molecule has 0 atom stereocenters. The summed E-state index contributed by atoms with van der Waals surface area (Å²) < 4.78 is 1.20. The normalized spacial score (nSPS) is 10.3. The zero-order valence-electron chi connectivity index (χ0n) is 9.94. The molecule has 0 saturated carbocycles. The van der Waals surface area contributed by atoms with Crippen LogP contribution in [0.15, 0.2) is 23.7 Å². The number of carboxylic acid groups (broad SMARTS) is 1. The molecule has 2 aromatic heterocycles. The number of nitrogens with zero attached hydrogens (tertiary/aromatic N) is 3. The molecule has 2 aromatic rings. The van der Waals surface area contributed by atoms with Crippen LogP contribution in [0.4, 0.5) is 0 Å². The highest BCUT2D eigenvalue weighted by Crippen LogP contribution is 2.07. The molecule has 0 saturated heterocycles. The Morgan fingerprint density at radius 2 is 2.32 bits per heavy atom. The summed E-state index contributed by atoms with van der Waals surface area (Å²) in [6, 6.07) is 3.97. The standard InChI is InChI=1S/C11H12N4O3S/c16-10(12-4-3-8-2-1-5-19-8)7-15-6-9(11(17)18)13-14-15/h1-2,5-6H,3-4,7H2,(H,12,16)(H,17,18). The van der Waals surface area contributed by atoms with Crippen molar-refractivity contribution in [2.24, 2.45) is 0 Å². The van der Waals surface area contributed by atoms with E-state index < -0.39 is 5.97 Å². The Morgan fingerprint density at radius 3 is 2.95 bits per heavy atom. The molecule has 7 nitrogen and oxygen atoms in total. The minimum absolute atomic E-state index is 0.0370. The fraction of sp³-hybridized carbons (Fsp3) is 0.273. The zero-order chi connectivity index (χ0) is 13.7. The first-order valence-electron chi connectivity index (χ1n) is 5.57. The summed E-state index contributed by atoms with van der Waals surface area (Å²) in [5, 5.41) is 20.4. The smallest absolute Gasteiger partial charge is 0.358 e. The lowest BCUT2D eigenvalue weighted by molar-refractivity contribution is -0.121. The predicted octanol–water partition coefficient (Wildman–Crippen LogP) is 0.397. The average Bonchev–Trinajstić information content (AvgIpc) is 3.00. The van der Waals surface area contributed by atoms with Gasteiger partial charge in [-0.15, -0.1) is 16.4 Å². The molecule has 0 aliphatic carbocycles. The van der Waals surface area contributed by atoms with E-state index in [2.05, 4.69) is 15.6 Å². The molecule has 0 aliphatic heterocycles. The van der Waals surface area contributed by atoms with Gasteiger partial charge in [0.25, 0.3) is 0 Å². The van der Waals surface area contributed by atoms with Crippen LogP contribution in [0.3, 0.4) is 0 Å². The lowest BCUT2D eigenvalue weighted by Gasteiger charge is -2.03. The Bertz CT molecular complexity index is 564. The second-order valence-electron chi connectivity index (χ2n) is 3.79. The van der Waals surface area contributed by atoms with Crippen LogP contribution >= 0.6 is 11.3 Å². The molecule has 0 unspecified atom stereocenters. The number of aromatic nitrogens is 3. The van der Waals surface area contributed by atoms with Gasteiger partial charge in [0.1, 0.15) is 6.54 Å². The van der Waals surface area contributed by atoms with E-state index in [0.717, 1.165) is 6.42 Å². The van der Waals surface area contributed by atoms with Gasteiger partial charge < -0.3 is 10.4 Å². The van der Waals surface area contributed by atoms with Gasteiger partial charge in [-0.05, 0) is 17.9 Å². The minimum atomic E-state index is -1.16. The number of nitrogens with one attached hydrogen (secondary N) is 1. The first-order chi connectivity index (χ1) is 9.15. The van der Waals surface area contributed by atoms with Crippen molar-refractivity contribution in [3.05, 3.63) is 34.3 Å². The van der Waals surface area contributed by atoms with E-state index in [1.54, 1.807) is 11.3 Å². The summed E-state index contributed by atoms with van der Waals surface area (Å²) in [4.78, 5) is 23.4. The number of hydrogen-bond donors (Lipinski definition) is 2. The van der Waals surface area contributed by atoms with Gasteiger partial charge in [0.15, 0.2) is 5.69 Å². The van der Waals surface area contributed by atoms with E-state index in [-0.39, 0.29) is 18.1 Å². The van der Waals surface area contributed by atoms with E-state index in [9.17, 15) is 9.59 Å². The van der Waals surface area contributed by atoms with Crippen molar-refractivity contribution in [3.8, 4) is 0 Å². The second kappa shape index (κ2) is 6.10. The summed E-state index contributed by atoms with van der Waals surface area (Å²) >= 11 is 1.64. The van der Waals surface area contributed by atoms with Gasteiger partial charge in [-0.25, -0.2) is 9.48 Å². The molecule has 0 fully saturated rings. The third-order valence-electron chi connectivity index (χ3n) is 2.34. The molecule has 0 aromatic carbocycles. The molecule has 2 rings (SSSR count). The topological polar surface area (TPSA) is 97.1 Å². The van der Waals surface area contributed by atoms with Crippen molar-refractivity contribution in [1.82, 2.24) is 20.3 Å². The number of thiophene rings is 1. The van der Waals surface area contributed by atoms with Gasteiger partial charge in [0.05, 0.1) is 6.20 Å². The highest BCUT2D eigenvalue weighted by atomic mass is 32.1. The maximum Gasteiger partial charge on any atom is 0.358 e. The Kier molecular flexibility index (Phi) is 4.24.